The van der Waals surface area contributed by atoms with Crippen molar-refractivity contribution in [3.63, 3.8) is 0 Å². The molecule has 2 saturated heterocycles. The second kappa shape index (κ2) is 6.44. The fraction of sp³-hybridized carbons (Fsp3) is 0.938. The highest BCUT2D eigenvalue weighted by molar-refractivity contribution is 5.72. The van der Waals surface area contributed by atoms with Crippen LogP contribution in [0.4, 0.5) is 0 Å². The van der Waals surface area contributed by atoms with Crippen LogP contribution in [-0.2, 0) is 9.53 Å². The molecule has 0 aromatic heterocycles. The van der Waals surface area contributed by atoms with Gasteiger partial charge in [0.2, 0.25) is 0 Å². The number of esters is 1. The van der Waals surface area contributed by atoms with Crippen molar-refractivity contribution in [2.75, 3.05) is 26.2 Å². The van der Waals surface area contributed by atoms with E-state index in [1.807, 2.05) is 6.92 Å². The van der Waals surface area contributed by atoms with Crippen molar-refractivity contribution >= 4 is 5.97 Å². The Morgan fingerprint density at radius 1 is 1.15 bits per heavy atom. The minimum atomic E-state index is 0.0232. The van der Waals surface area contributed by atoms with Crippen LogP contribution in [0.5, 0.6) is 0 Å². The van der Waals surface area contributed by atoms with Gasteiger partial charge >= 0.3 is 5.97 Å². The maximum absolute atomic E-state index is 11.8. The monoisotopic (exact) mass is 280 g/mol. The van der Waals surface area contributed by atoms with Gasteiger partial charge in [-0.15, -0.1) is 0 Å². The molecule has 2 heterocycles. The van der Waals surface area contributed by atoms with E-state index >= 15 is 0 Å². The van der Waals surface area contributed by atoms with Gasteiger partial charge in [0.15, 0.2) is 0 Å². The maximum Gasteiger partial charge on any atom is 0.308 e. The Morgan fingerprint density at radius 2 is 1.90 bits per heavy atom. The van der Waals surface area contributed by atoms with Gasteiger partial charge in [-0.1, -0.05) is 0 Å². The van der Waals surface area contributed by atoms with Crippen molar-refractivity contribution in [1.82, 2.24) is 10.2 Å². The van der Waals surface area contributed by atoms with Gasteiger partial charge < -0.3 is 15.0 Å². The highest BCUT2D eigenvalue weighted by atomic mass is 16.5. The van der Waals surface area contributed by atoms with Crippen LogP contribution in [-0.4, -0.2) is 49.2 Å². The summed E-state index contributed by atoms with van der Waals surface area (Å²) < 4.78 is 5.14. The predicted octanol–water partition coefficient (Wildman–Crippen LogP) is 1.79. The Bertz CT molecular complexity index is 339. The van der Waals surface area contributed by atoms with Crippen molar-refractivity contribution in [3.8, 4) is 0 Å². The summed E-state index contributed by atoms with van der Waals surface area (Å²) in [5.74, 6) is 1.04. The quantitative estimate of drug-likeness (QED) is 0.797. The van der Waals surface area contributed by atoms with Gasteiger partial charge in [-0.05, 0) is 64.5 Å². The SMILES string of the molecule is CCOC(=O)C1CCC(NC2CCN3CCC2C3)CC1. The van der Waals surface area contributed by atoms with Gasteiger partial charge in [0.05, 0.1) is 12.5 Å². The molecule has 3 unspecified atom stereocenters. The summed E-state index contributed by atoms with van der Waals surface area (Å²) in [6.45, 7) is 6.27. The molecule has 0 aromatic carbocycles. The molecule has 2 aliphatic heterocycles. The zero-order chi connectivity index (χ0) is 13.9. The number of fused-ring (bicyclic) bond motifs is 2. The fourth-order valence-electron chi connectivity index (χ4n) is 4.23. The number of carbonyl (C=O) groups is 1. The van der Waals surface area contributed by atoms with Crippen molar-refractivity contribution < 1.29 is 9.53 Å². The molecule has 1 aliphatic carbocycles. The standard InChI is InChI=1S/C16H28N2O2/c1-2-20-16(19)12-3-5-14(6-4-12)17-15-8-10-18-9-7-13(15)11-18/h12-15,17H,2-11H2,1H3. The molecule has 0 spiro atoms. The van der Waals surface area contributed by atoms with E-state index in [2.05, 4.69) is 10.2 Å². The first kappa shape index (κ1) is 14.3. The summed E-state index contributed by atoms with van der Waals surface area (Å²) in [6, 6.07) is 1.34. The van der Waals surface area contributed by atoms with Crippen LogP contribution in [0.3, 0.4) is 0 Å². The Morgan fingerprint density at radius 3 is 2.65 bits per heavy atom. The molecule has 2 bridgehead atoms. The normalized spacial score (nSPS) is 40.5. The molecule has 3 aliphatic rings. The minimum absolute atomic E-state index is 0.0232. The molecule has 3 atom stereocenters. The van der Waals surface area contributed by atoms with Gasteiger partial charge in [-0.3, -0.25) is 4.79 Å². The lowest BCUT2D eigenvalue weighted by atomic mass is 9.84. The van der Waals surface area contributed by atoms with Crippen LogP contribution in [0.1, 0.15) is 45.4 Å². The van der Waals surface area contributed by atoms with E-state index in [9.17, 15) is 4.79 Å². The molecule has 20 heavy (non-hydrogen) atoms. The Labute approximate surface area is 122 Å². The number of hydrogen-bond donors (Lipinski definition) is 1. The molecule has 4 heteroatoms. The first-order valence-electron chi connectivity index (χ1n) is 8.41. The summed E-state index contributed by atoms with van der Waals surface area (Å²) in [4.78, 5) is 14.3. The Kier molecular flexibility index (Phi) is 4.61. The topological polar surface area (TPSA) is 41.6 Å². The summed E-state index contributed by atoms with van der Waals surface area (Å²) in [5, 5.41) is 3.90. The number of hydrogen-bond acceptors (Lipinski definition) is 4. The van der Waals surface area contributed by atoms with Crippen molar-refractivity contribution in [3.05, 3.63) is 0 Å². The average Bonchev–Trinajstić information content (AvgIpc) is 2.86. The second-order valence-electron chi connectivity index (χ2n) is 6.71. The third-order valence-corrected chi connectivity index (χ3v) is 5.43. The van der Waals surface area contributed by atoms with Crippen LogP contribution in [0, 0.1) is 11.8 Å². The Hall–Kier alpha value is -0.610. The third kappa shape index (κ3) is 3.17. The van der Waals surface area contributed by atoms with Crippen LogP contribution < -0.4 is 5.32 Å². The largest absolute Gasteiger partial charge is 0.466 e. The molecule has 0 amide bonds. The average molecular weight is 280 g/mol. The number of nitrogens with zero attached hydrogens (tertiary/aromatic N) is 1. The lowest BCUT2D eigenvalue weighted by molar-refractivity contribution is -0.149. The summed E-state index contributed by atoms with van der Waals surface area (Å²) in [7, 11) is 0. The number of piperidine rings is 1. The van der Waals surface area contributed by atoms with Gasteiger partial charge in [0.1, 0.15) is 0 Å². The van der Waals surface area contributed by atoms with Crippen LogP contribution >= 0.6 is 0 Å². The highest BCUT2D eigenvalue weighted by Gasteiger charge is 2.36. The molecule has 3 rings (SSSR count). The fourth-order valence-corrected chi connectivity index (χ4v) is 4.23. The zero-order valence-corrected chi connectivity index (χ0v) is 12.6. The number of nitrogens with one attached hydrogen (secondary N) is 1. The van der Waals surface area contributed by atoms with Gasteiger partial charge in [-0.2, -0.15) is 0 Å². The zero-order valence-electron chi connectivity index (χ0n) is 12.6. The predicted molar refractivity (Wildman–Crippen MR) is 78.5 cm³/mol. The van der Waals surface area contributed by atoms with Crippen molar-refractivity contribution in [2.45, 2.75) is 57.5 Å². The molecule has 4 nitrogen and oxygen atoms in total. The van der Waals surface area contributed by atoms with E-state index < -0.39 is 0 Å². The van der Waals surface area contributed by atoms with Gasteiger partial charge in [0.25, 0.3) is 0 Å². The third-order valence-electron chi connectivity index (χ3n) is 5.43. The molecule has 0 radical (unpaired) electrons. The lowest BCUT2D eigenvalue weighted by Crippen LogP contribution is -2.49. The van der Waals surface area contributed by atoms with E-state index in [0.717, 1.165) is 37.6 Å². The molecule has 0 aromatic rings. The van der Waals surface area contributed by atoms with Crippen LogP contribution in [0.2, 0.25) is 0 Å². The number of carbonyl (C=O) groups excluding carboxylic acids is 1. The lowest BCUT2D eigenvalue weighted by Gasteiger charge is -2.36. The minimum Gasteiger partial charge on any atom is -0.466 e. The molecule has 1 N–H and O–H groups in total. The smallest absolute Gasteiger partial charge is 0.308 e. The van der Waals surface area contributed by atoms with Crippen LogP contribution in [0.25, 0.3) is 0 Å². The molecular weight excluding hydrogens is 252 g/mol. The first-order chi connectivity index (χ1) is 9.76. The van der Waals surface area contributed by atoms with Crippen LogP contribution in [0.15, 0.2) is 0 Å². The highest BCUT2D eigenvalue weighted by Crippen LogP contribution is 2.30. The molecule has 1 saturated carbocycles. The van der Waals surface area contributed by atoms with Crippen molar-refractivity contribution in [2.24, 2.45) is 11.8 Å². The number of rotatable bonds is 4. The Balaban J connectivity index is 1.43. The van der Waals surface area contributed by atoms with Crippen molar-refractivity contribution in [1.29, 1.82) is 0 Å². The molecular formula is C16H28N2O2. The summed E-state index contributed by atoms with van der Waals surface area (Å²) in [6.07, 6.45) is 6.95. The van der Waals surface area contributed by atoms with E-state index in [4.69, 9.17) is 4.74 Å². The van der Waals surface area contributed by atoms with Gasteiger partial charge in [0, 0.05) is 18.6 Å². The van der Waals surface area contributed by atoms with E-state index in [0.29, 0.717) is 12.6 Å². The summed E-state index contributed by atoms with van der Waals surface area (Å²) in [5.41, 5.74) is 0. The first-order valence-corrected chi connectivity index (χ1v) is 8.41. The molecule has 3 fully saturated rings. The second-order valence-corrected chi connectivity index (χ2v) is 6.71. The molecule has 114 valence electrons. The summed E-state index contributed by atoms with van der Waals surface area (Å²) >= 11 is 0. The van der Waals surface area contributed by atoms with Gasteiger partial charge in [-0.25, -0.2) is 0 Å². The van der Waals surface area contributed by atoms with E-state index in [-0.39, 0.29) is 11.9 Å². The number of ether oxygens (including phenoxy) is 1. The van der Waals surface area contributed by atoms with E-state index in [1.54, 1.807) is 0 Å². The van der Waals surface area contributed by atoms with E-state index in [1.165, 1.54) is 32.5 Å². The maximum atomic E-state index is 11.8.